The second-order valence-corrected chi connectivity index (χ2v) is 8.01. The Kier molecular flexibility index (Phi) is 7.14. The van der Waals surface area contributed by atoms with E-state index in [9.17, 15) is 0 Å². The number of hydrogen-bond donors (Lipinski definition) is 1. The minimum Gasteiger partial charge on any atom is -0.493 e. The maximum absolute atomic E-state index is 6.44. The van der Waals surface area contributed by atoms with E-state index in [0.29, 0.717) is 23.1 Å². The Labute approximate surface area is 178 Å². The molecule has 2 aromatic carbocycles. The van der Waals surface area contributed by atoms with Gasteiger partial charge in [0.25, 0.3) is 0 Å². The molecule has 3 rings (SSSR count). The van der Waals surface area contributed by atoms with Gasteiger partial charge in [-0.3, -0.25) is 0 Å². The van der Waals surface area contributed by atoms with Crippen LogP contribution in [-0.2, 0) is 19.5 Å². The molecule has 2 aromatic rings. The summed E-state index contributed by atoms with van der Waals surface area (Å²) in [5, 5.41) is 2.79. The van der Waals surface area contributed by atoms with Crippen LogP contribution in [0.4, 0.5) is 0 Å². The standard InChI is InChI=1S/C23H30ClNO4/c1-6-27-20-10-17-7-15(4)29-21(17)11-18(20)13-25-12-16-8-19(24)23(28-14(2)3)22(9-16)26-5/h8-11,14-15,25H,6-7,12-13H2,1-5H3/p+1/t15-/m1/s1. The monoisotopic (exact) mass is 420 g/mol. The van der Waals surface area contributed by atoms with Gasteiger partial charge in [0.2, 0.25) is 0 Å². The largest absolute Gasteiger partial charge is 0.493 e. The quantitative estimate of drug-likeness (QED) is 0.663. The number of halogens is 1. The number of quaternary nitrogens is 1. The number of hydrogen-bond acceptors (Lipinski definition) is 4. The smallest absolute Gasteiger partial charge is 0.180 e. The molecule has 1 aliphatic rings. The highest BCUT2D eigenvalue weighted by atomic mass is 35.5. The van der Waals surface area contributed by atoms with E-state index in [1.807, 2.05) is 32.9 Å². The summed E-state index contributed by atoms with van der Waals surface area (Å²) in [6.07, 6.45) is 1.18. The molecule has 0 unspecified atom stereocenters. The van der Waals surface area contributed by atoms with Crippen LogP contribution in [0.5, 0.6) is 23.0 Å². The predicted molar refractivity (Wildman–Crippen MR) is 115 cm³/mol. The first kappa shape index (κ1) is 21.6. The van der Waals surface area contributed by atoms with Crippen molar-refractivity contribution in [3.8, 4) is 23.0 Å². The Morgan fingerprint density at radius 3 is 2.66 bits per heavy atom. The average Bonchev–Trinajstić information content (AvgIpc) is 3.02. The third-order valence-electron chi connectivity index (χ3n) is 4.77. The van der Waals surface area contributed by atoms with Gasteiger partial charge in [-0.2, -0.15) is 0 Å². The molecule has 0 saturated heterocycles. The van der Waals surface area contributed by atoms with Crippen LogP contribution in [0.3, 0.4) is 0 Å². The van der Waals surface area contributed by atoms with E-state index >= 15 is 0 Å². The van der Waals surface area contributed by atoms with E-state index in [-0.39, 0.29) is 12.2 Å². The molecule has 0 spiro atoms. The predicted octanol–water partition coefficient (Wildman–Crippen LogP) is 4.12. The van der Waals surface area contributed by atoms with E-state index in [4.69, 9.17) is 30.5 Å². The SMILES string of the molecule is CCOc1cc2c(cc1C[NH2+]Cc1cc(Cl)c(OC(C)C)c(OC)c1)O[C@H](C)C2. The third kappa shape index (κ3) is 5.28. The first-order valence-corrected chi connectivity index (χ1v) is 10.6. The van der Waals surface area contributed by atoms with Gasteiger partial charge < -0.3 is 24.3 Å². The van der Waals surface area contributed by atoms with Crippen LogP contribution in [0.15, 0.2) is 24.3 Å². The molecule has 6 heteroatoms. The average molecular weight is 421 g/mol. The molecular weight excluding hydrogens is 390 g/mol. The van der Waals surface area contributed by atoms with Crippen LogP contribution in [0.1, 0.15) is 44.4 Å². The van der Waals surface area contributed by atoms with Crippen LogP contribution in [0.2, 0.25) is 5.02 Å². The molecule has 2 N–H and O–H groups in total. The number of rotatable bonds is 9. The Balaban J connectivity index is 1.71. The fourth-order valence-electron chi connectivity index (χ4n) is 3.57. The molecule has 0 amide bonds. The lowest BCUT2D eigenvalue weighted by atomic mass is 10.1. The fourth-order valence-corrected chi connectivity index (χ4v) is 3.84. The zero-order chi connectivity index (χ0) is 21.0. The topological polar surface area (TPSA) is 53.5 Å². The van der Waals surface area contributed by atoms with Gasteiger partial charge in [0.1, 0.15) is 30.7 Å². The molecule has 158 valence electrons. The number of ether oxygens (including phenoxy) is 4. The summed E-state index contributed by atoms with van der Waals surface area (Å²) in [6, 6.07) is 8.17. The van der Waals surface area contributed by atoms with Gasteiger partial charge in [0.05, 0.1) is 30.4 Å². The molecule has 1 atom stereocenters. The summed E-state index contributed by atoms with van der Waals surface area (Å²) < 4.78 is 23.1. The van der Waals surface area contributed by atoms with Crippen molar-refractivity contribution >= 4 is 11.6 Å². The fraction of sp³-hybridized carbons (Fsp3) is 0.478. The van der Waals surface area contributed by atoms with Gasteiger partial charge in [-0.1, -0.05) is 11.6 Å². The van der Waals surface area contributed by atoms with Gasteiger partial charge in [-0.05, 0) is 52.0 Å². The lowest BCUT2D eigenvalue weighted by molar-refractivity contribution is -0.686. The number of methoxy groups -OCH3 is 1. The zero-order valence-electron chi connectivity index (χ0n) is 17.9. The lowest BCUT2D eigenvalue weighted by Gasteiger charge is -2.16. The van der Waals surface area contributed by atoms with Crippen molar-refractivity contribution in [3.05, 3.63) is 46.0 Å². The molecule has 0 bridgehead atoms. The molecular formula is C23H31ClNO4+. The Bertz CT molecular complexity index is 853. The summed E-state index contributed by atoms with van der Waals surface area (Å²) in [6.45, 7) is 10.2. The first-order valence-electron chi connectivity index (χ1n) is 10.2. The highest BCUT2D eigenvalue weighted by molar-refractivity contribution is 6.32. The molecule has 1 aliphatic heterocycles. The van der Waals surface area contributed by atoms with E-state index < -0.39 is 0 Å². The maximum Gasteiger partial charge on any atom is 0.180 e. The van der Waals surface area contributed by atoms with Gasteiger partial charge >= 0.3 is 0 Å². The second kappa shape index (κ2) is 9.59. The van der Waals surface area contributed by atoms with Crippen LogP contribution < -0.4 is 24.3 Å². The number of benzene rings is 2. The molecule has 0 aromatic heterocycles. The van der Waals surface area contributed by atoms with Crippen molar-refractivity contribution in [3.63, 3.8) is 0 Å². The van der Waals surface area contributed by atoms with Crippen LogP contribution in [0, 0.1) is 0 Å². The maximum atomic E-state index is 6.44. The van der Waals surface area contributed by atoms with Crippen molar-refractivity contribution in [2.24, 2.45) is 0 Å². The molecule has 5 nitrogen and oxygen atoms in total. The van der Waals surface area contributed by atoms with E-state index in [1.165, 1.54) is 5.56 Å². The van der Waals surface area contributed by atoms with E-state index in [0.717, 1.165) is 42.1 Å². The van der Waals surface area contributed by atoms with E-state index in [1.54, 1.807) is 7.11 Å². The summed E-state index contributed by atoms with van der Waals surface area (Å²) in [7, 11) is 1.63. The molecule has 0 radical (unpaired) electrons. The zero-order valence-corrected chi connectivity index (χ0v) is 18.6. The highest BCUT2D eigenvalue weighted by Crippen LogP contribution is 2.37. The number of fused-ring (bicyclic) bond motifs is 1. The van der Waals surface area contributed by atoms with Crippen molar-refractivity contribution in [1.82, 2.24) is 0 Å². The molecule has 0 aliphatic carbocycles. The minimum absolute atomic E-state index is 0.0283. The normalized spacial score (nSPS) is 15.2. The Morgan fingerprint density at radius 1 is 1.17 bits per heavy atom. The lowest BCUT2D eigenvalue weighted by Crippen LogP contribution is -2.80. The summed E-state index contributed by atoms with van der Waals surface area (Å²) in [4.78, 5) is 0. The van der Waals surface area contributed by atoms with Crippen LogP contribution in [-0.4, -0.2) is 25.9 Å². The van der Waals surface area contributed by atoms with Crippen molar-refractivity contribution in [2.45, 2.75) is 59.4 Å². The molecule has 0 saturated carbocycles. The summed E-state index contributed by atoms with van der Waals surface area (Å²) >= 11 is 6.44. The third-order valence-corrected chi connectivity index (χ3v) is 5.05. The second-order valence-electron chi connectivity index (χ2n) is 7.61. The number of nitrogens with two attached hydrogens (primary N) is 1. The summed E-state index contributed by atoms with van der Waals surface area (Å²) in [5.41, 5.74) is 3.44. The molecule has 0 fully saturated rings. The summed E-state index contributed by atoms with van der Waals surface area (Å²) in [5.74, 6) is 3.17. The Hall–Kier alpha value is -2.11. The van der Waals surface area contributed by atoms with Crippen molar-refractivity contribution < 1.29 is 24.3 Å². The van der Waals surface area contributed by atoms with Gasteiger partial charge in [0, 0.05) is 17.5 Å². The highest BCUT2D eigenvalue weighted by Gasteiger charge is 2.22. The first-order chi connectivity index (χ1) is 13.9. The minimum atomic E-state index is 0.0283. The van der Waals surface area contributed by atoms with Crippen molar-refractivity contribution in [2.75, 3.05) is 13.7 Å². The van der Waals surface area contributed by atoms with Crippen LogP contribution in [0.25, 0.3) is 0 Å². The van der Waals surface area contributed by atoms with Gasteiger partial charge in [-0.25, -0.2) is 0 Å². The van der Waals surface area contributed by atoms with Crippen molar-refractivity contribution in [1.29, 1.82) is 0 Å². The van der Waals surface area contributed by atoms with Gasteiger partial charge in [0.15, 0.2) is 11.5 Å². The Morgan fingerprint density at radius 2 is 1.97 bits per heavy atom. The van der Waals surface area contributed by atoms with Gasteiger partial charge in [-0.15, -0.1) is 0 Å². The molecule has 29 heavy (non-hydrogen) atoms. The van der Waals surface area contributed by atoms with E-state index in [2.05, 4.69) is 24.4 Å². The molecule has 1 heterocycles. The van der Waals surface area contributed by atoms with Crippen LogP contribution >= 0.6 is 11.6 Å².